The quantitative estimate of drug-likeness (QED) is 0.303. The average molecular weight is 545 g/mol. The van der Waals surface area contributed by atoms with Gasteiger partial charge in [0.05, 0.1) is 12.1 Å². The zero-order valence-electron chi connectivity index (χ0n) is 19.0. The van der Waals surface area contributed by atoms with Crippen LogP contribution in [0.15, 0.2) is 65.1 Å². The van der Waals surface area contributed by atoms with Crippen LogP contribution in [0.1, 0.15) is 19.4 Å². The SMILES string of the molecule is CC(C)N(CCO)Cc1ccc(Br)cc1.Nc1nnc2cc(-c3cc(O)ccc3Cl)ccc2n1. The maximum atomic E-state index is 9.53. The molecule has 0 bridgehead atoms. The number of aromatic nitrogens is 3. The number of aliphatic hydroxyl groups excluding tert-OH is 1. The van der Waals surface area contributed by atoms with Crippen LogP contribution in [0.5, 0.6) is 5.75 Å². The van der Waals surface area contributed by atoms with Crippen molar-refractivity contribution in [1.82, 2.24) is 20.1 Å². The highest BCUT2D eigenvalue weighted by Gasteiger charge is 2.09. The summed E-state index contributed by atoms with van der Waals surface area (Å²) in [5.74, 6) is 0.289. The average Bonchev–Trinajstić information content (AvgIpc) is 2.82. The van der Waals surface area contributed by atoms with E-state index in [0.29, 0.717) is 22.1 Å². The molecule has 1 aromatic heterocycles. The fourth-order valence-corrected chi connectivity index (χ4v) is 3.81. The Morgan fingerprint density at radius 1 is 1.00 bits per heavy atom. The minimum atomic E-state index is 0.135. The van der Waals surface area contributed by atoms with Crippen molar-refractivity contribution in [3.63, 3.8) is 0 Å². The lowest BCUT2D eigenvalue weighted by atomic mass is 10.0. The first-order valence-electron chi connectivity index (χ1n) is 10.7. The van der Waals surface area contributed by atoms with Gasteiger partial charge in [-0.3, -0.25) is 4.90 Å². The number of halogens is 2. The molecular weight excluding hydrogens is 518 g/mol. The van der Waals surface area contributed by atoms with Gasteiger partial charge in [0.15, 0.2) is 0 Å². The van der Waals surface area contributed by atoms with Gasteiger partial charge in [0, 0.05) is 34.2 Å². The fraction of sp³-hybridized carbons (Fsp3) is 0.240. The van der Waals surface area contributed by atoms with Crippen molar-refractivity contribution in [2.75, 3.05) is 18.9 Å². The van der Waals surface area contributed by atoms with Gasteiger partial charge in [-0.25, -0.2) is 4.98 Å². The number of rotatable bonds is 6. The lowest BCUT2D eigenvalue weighted by molar-refractivity contribution is 0.159. The molecule has 0 spiro atoms. The summed E-state index contributed by atoms with van der Waals surface area (Å²) in [6.45, 7) is 6.14. The smallest absolute Gasteiger partial charge is 0.240 e. The van der Waals surface area contributed by atoms with Crippen molar-refractivity contribution in [2.24, 2.45) is 0 Å². The van der Waals surface area contributed by atoms with Gasteiger partial charge in [-0.1, -0.05) is 45.7 Å². The number of benzene rings is 3. The van der Waals surface area contributed by atoms with Crippen molar-refractivity contribution < 1.29 is 10.2 Å². The van der Waals surface area contributed by atoms with E-state index in [1.165, 1.54) is 11.6 Å². The van der Waals surface area contributed by atoms with Gasteiger partial charge in [0.1, 0.15) is 11.3 Å². The van der Waals surface area contributed by atoms with Crippen molar-refractivity contribution in [1.29, 1.82) is 0 Å². The van der Waals surface area contributed by atoms with E-state index < -0.39 is 0 Å². The molecule has 0 unspecified atom stereocenters. The van der Waals surface area contributed by atoms with Gasteiger partial charge in [-0.15, -0.1) is 10.2 Å². The third-order valence-corrected chi connectivity index (χ3v) is 6.01. The van der Waals surface area contributed by atoms with Gasteiger partial charge >= 0.3 is 0 Å². The second-order valence-electron chi connectivity index (χ2n) is 7.95. The molecule has 0 atom stereocenters. The zero-order chi connectivity index (χ0) is 24.7. The van der Waals surface area contributed by atoms with E-state index in [-0.39, 0.29) is 18.3 Å². The van der Waals surface area contributed by atoms with Crippen LogP contribution in [0.3, 0.4) is 0 Å². The summed E-state index contributed by atoms with van der Waals surface area (Å²) in [5.41, 5.74) is 9.59. The molecule has 4 rings (SSSR count). The van der Waals surface area contributed by atoms with Crippen LogP contribution in [0.25, 0.3) is 22.2 Å². The number of anilines is 1. The minimum absolute atomic E-state index is 0.135. The maximum absolute atomic E-state index is 9.53. The van der Waals surface area contributed by atoms with Crippen molar-refractivity contribution >= 4 is 44.5 Å². The zero-order valence-corrected chi connectivity index (χ0v) is 21.3. The van der Waals surface area contributed by atoms with Crippen LogP contribution in [0.4, 0.5) is 5.95 Å². The second kappa shape index (κ2) is 12.1. The monoisotopic (exact) mass is 543 g/mol. The second-order valence-corrected chi connectivity index (χ2v) is 9.27. The summed E-state index contributed by atoms with van der Waals surface area (Å²) in [6.07, 6.45) is 0. The number of hydrogen-bond acceptors (Lipinski definition) is 7. The van der Waals surface area contributed by atoms with Gasteiger partial charge in [-0.05, 0) is 67.4 Å². The molecular formula is C25H27BrClN5O2. The number of hydrogen-bond donors (Lipinski definition) is 3. The molecule has 9 heteroatoms. The molecule has 4 aromatic rings. The number of nitrogen functional groups attached to an aromatic ring is 1. The number of nitrogens with two attached hydrogens (primary N) is 1. The summed E-state index contributed by atoms with van der Waals surface area (Å²) in [7, 11) is 0. The third-order valence-electron chi connectivity index (χ3n) is 5.15. The van der Waals surface area contributed by atoms with E-state index in [4.69, 9.17) is 22.4 Å². The summed E-state index contributed by atoms with van der Waals surface area (Å²) < 4.78 is 1.10. The summed E-state index contributed by atoms with van der Waals surface area (Å²) in [6, 6.07) is 19.0. The van der Waals surface area contributed by atoms with Crippen LogP contribution in [-0.4, -0.2) is 49.5 Å². The molecule has 0 saturated heterocycles. The normalized spacial score (nSPS) is 11.0. The van der Waals surface area contributed by atoms with E-state index in [0.717, 1.165) is 28.7 Å². The molecule has 1 heterocycles. The molecule has 7 nitrogen and oxygen atoms in total. The van der Waals surface area contributed by atoms with Crippen LogP contribution >= 0.6 is 27.5 Å². The van der Waals surface area contributed by atoms with E-state index in [1.54, 1.807) is 24.3 Å². The predicted octanol–water partition coefficient (Wildman–Crippen LogP) is 5.28. The van der Waals surface area contributed by atoms with Crippen molar-refractivity contribution in [3.8, 4) is 16.9 Å². The Kier molecular flexibility index (Phi) is 9.18. The molecule has 34 heavy (non-hydrogen) atoms. The predicted molar refractivity (Wildman–Crippen MR) is 141 cm³/mol. The lowest BCUT2D eigenvalue weighted by Crippen LogP contribution is -2.32. The first-order valence-corrected chi connectivity index (χ1v) is 11.9. The Morgan fingerprint density at radius 3 is 2.41 bits per heavy atom. The molecule has 178 valence electrons. The molecule has 0 aliphatic heterocycles. The van der Waals surface area contributed by atoms with Crippen molar-refractivity contribution in [3.05, 3.63) is 75.7 Å². The molecule has 0 amide bonds. The summed E-state index contributed by atoms with van der Waals surface area (Å²) in [5, 5.41) is 26.7. The highest BCUT2D eigenvalue weighted by molar-refractivity contribution is 9.10. The van der Waals surface area contributed by atoms with Crippen LogP contribution < -0.4 is 5.73 Å². The molecule has 0 fully saturated rings. The Labute approximate surface area is 212 Å². The molecule has 3 aromatic carbocycles. The Morgan fingerprint density at radius 2 is 1.74 bits per heavy atom. The first kappa shape index (κ1) is 25.8. The van der Waals surface area contributed by atoms with Crippen molar-refractivity contribution in [2.45, 2.75) is 26.4 Å². The van der Waals surface area contributed by atoms with Gasteiger partial charge in [-0.2, -0.15) is 0 Å². The highest BCUT2D eigenvalue weighted by atomic mass is 79.9. The van der Waals surface area contributed by atoms with Crippen LogP contribution in [0.2, 0.25) is 5.02 Å². The third kappa shape index (κ3) is 7.11. The van der Waals surface area contributed by atoms with Crippen LogP contribution in [-0.2, 0) is 6.54 Å². The molecule has 4 N–H and O–H groups in total. The summed E-state index contributed by atoms with van der Waals surface area (Å²) >= 11 is 9.54. The molecule has 0 saturated carbocycles. The van der Waals surface area contributed by atoms with Gasteiger partial charge in [0.25, 0.3) is 0 Å². The number of phenols is 1. The number of fused-ring (bicyclic) bond motifs is 1. The Balaban J connectivity index is 0.000000197. The highest BCUT2D eigenvalue weighted by Crippen LogP contribution is 2.32. The Hall–Kier alpha value is -2.78. The summed E-state index contributed by atoms with van der Waals surface area (Å²) in [4.78, 5) is 6.33. The van der Waals surface area contributed by atoms with Gasteiger partial charge < -0.3 is 15.9 Å². The molecule has 0 aliphatic carbocycles. The van der Waals surface area contributed by atoms with E-state index in [2.05, 4.69) is 62.0 Å². The Bertz CT molecular complexity index is 1240. The lowest BCUT2D eigenvalue weighted by Gasteiger charge is -2.25. The van der Waals surface area contributed by atoms with E-state index >= 15 is 0 Å². The maximum Gasteiger partial charge on any atom is 0.240 e. The van der Waals surface area contributed by atoms with Gasteiger partial charge in [0.2, 0.25) is 5.95 Å². The topological polar surface area (TPSA) is 108 Å². The number of nitrogens with zero attached hydrogens (tertiary/aromatic N) is 4. The number of phenolic OH excluding ortho intramolecular Hbond substituents is 1. The standard InChI is InChI=1S/C13H9ClN4O.C12H18BrNO/c14-10-3-2-8(19)6-9(10)7-1-4-11-12(5-7)17-18-13(15)16-11;1-10(2)14(7-8-15)9-11-3-5-12(13)6-4-11/h1-6,19H,(H2,15,16,18);3-6,10,15H,7-9H2,1-2H3. The molecule has 0 radical (unpaired) electrons. The largest absolute Gasteiger partial charge is 0.508 e. The number of aromatic hydroxyl groups is 1. The molecule has 0 aliphatic rings. The van der Waals surface area contributed by atoms with E-state index in [1.807, 2.05) is 18.2 Å². The number of aliphatic hydroxyl groups is 1. The first-order chi connectivity index (χ1) is 16.3. The fourth-order valence-electron chi connectivity index (χ4n) is 3.32. The van der Waals surface area contributed by atoms with E-state index in [9.17, 15) is 5.11 Å². The van der Waals surface area contributed by atoms with Crippen LogP contribution in [0, 0.1) is 0 Å². The minimum Gasteiger partial charge on any atom is -0.508 e.